The van der Waals surface area contributed by atoms with E-state index >= 15 is 0 Å². The van der Waals surface area contributed by atoms with E-state index in [9.17, 15) is 10.1 Å². The summed E-state index contributed by atoms with van der Waals surface area (Å²) >= 11 is 0. The van der Waals surface area contributed by atoms with Gasteiger partial charge in [0.15, 0.2) is 0 Å². The molecular formula is C18H20N2O2. The molecule has 0 fully saturated rings. The van der Waals surface area contributed by atoms with Crippen molar-refractivity contribution in [2.24, 2.45) is 5.92 Å². The van der Waals surface area contributed by atoms with Gasteiger partial charge in [-0.25, -0.2) is 0 Å². The zero-order chi connectivity index (χ0) is 15.8. The van der Waals surface area contributed by atoms with Crippen molar-refractivity contribution >= 4 is 11.6 Å². The van der Waals surface area contributed by atoms with Crippen molar-refractivity contribution in [1.82, 2.24) is 0 Å². The van der Waals surface area contributed by atoms with Crippen LogP contribution in [0.1, 0.15) is 26.2 Å². The fourth-order valence-corrected chi connectivity index (χ4v) is 2.37. The zero-order valence-corrected chi connectivity index (χ0v) is 12.7. The van der Waals surface area contributed by atoms with Crippen LogP contribution >= 0.6 is 0 Å². The number of ether oxygens (including phenoxy) is 1. The number of rotatable bonds is 5. The number of carbonyl (C=O) groups excluding carboxylic acids is 1. The van der Waals surface area contributed by atoms with E-state index in [1.54, 1.807) is 30.3 Å². The van der Waals surface area contributed by atoms with Gasteiger partial charge >= 0.3 is 0 Å². The number of amides is 1. The van der Waals surface area contributed by atoms with Crippen LogP contribution in [-0.2, 0) is 4.79 Å². The van der Waals surface area contributed by atoms with Crippen molar-refractivity contribution in [2.75, 3.05) is 11.9 Å². The quantitative estimate of drug-likeness (QED) is 0.510. The molecule has 0 aliphatic heterocycles. The average Bonchev–Trinajstić information content (AvgIpc) is 2.55. The van der Waals surface area contributed by atoms with Crippen molar-refractivity contribution in [3.05, 3.63) is 48.1 Å². The molecule has 1 aromatic rings. The van der Waals surface area contributed by atoms with Crippen LogP contribution in [0.2, 0.25) is 0 Å². The summed E-state index contributed by atoms with van der Waals surface area (Å²) < 4.78 is 5.35. The van der Waals surface area contributed by atoms with Gasteiger partial charge in [0, 0.05) is 5.69 Å². The molecule has 0 heterocycles. The molecule has 1 aliphatic carbocycles. The molecule has 0 radical (unpaired) electrons. The van der Waals surface area contributed by atoms with Crippen LogP contribution < -0.4 is 10.1 Å². The number of hydrogen-bond donors (Lipinski definition) is 1. The Bertz CT molecular complexity index is 609. The summed E-state index contributed by atoms with van der Waals surface area (Å²) in [4.78, 5) is 12.2. The molecule has 1 amide bonds. The van der Waals surface area contributed by atoms with E-state index < -0.39 is 0 Å². The van der Waals surface area contributed by atoms with E-state index in [1.165, 1.54) is 0 Å². The first-order chi connectivity index (χ1) is 10.7. The van der Waals surface area contributed by atoms with Gasteiger partial charge in [0.2, 0.25) is 0 Å². The third-order valence-corrected chi connectivity index (χ3v) is 3.50. The molecule has 114 valence electrons. The Balaban J connectivity index is 2.01. The number of anilines is 1. The number of carbonyl (C=O) groups is 1. The second kappa shape index (κ2) is 8.04. The molecule has 1 aromatic carbocycles. The average molecular weight is 296 g/mol. The van der Waals surface area contributed by atoms with Gasteiger partial charge in [-0.05, 0) is 56.4 Å². The number of nitrogens with one attached hydrogen (secondary N) is 1. The summed E-state index contributed by atoms with van der Waals surface area (Å²) in [6.07, 6.45) is 8.90. The molecule has 4 heteroatoms. The Labute approximate surface area is 131 Å². The smallest absolute Gasteiger partial charge is 0.265 e. The monoisotopic (exact) mass is 296 g/mol. The summed E-state index contributed by atoms with van der Waals surface area (Å²) in [7, 11) is 0. The molecule has 1 aliphatic rings. The van der Waals surface area contributed by atoms with Crippen molar-refractivity contribution in [3.63, 3.8) is 0 Å². The van der Waals surface area contributed by atoms with Crippen LogP contribution in [0.5, 0.6) is 5.75 Å². The van der Waals surface area contributed by atoms with Gasteiger partial charge in [-0.3, -0.25) is 4.79 Å². The maximum Gasteiger partial charge on any atom is 0.265 e. The maximum atomic E-state index is 12.2. The number of nitrogens with zero attached hydrogens (tertiary/aromatic N) is 1. The molecule has 4 nitrogen and oxygen atoms in total. The molecule has 0 bridgehead atoms. The Morgan fingerprint density at radius 3 is 2.77 bits per heavy atom. The first-order valence-electron chi connectivity index (χ1n) is 7.54. The van der Waals surface area contributed by atoms with Crippen LogP contribution in [0.15, 0.2) is 48.1 Å². The van der Waals surface area contributed by atoms with Gasteiger partial charge in [0.1, 0.15) is 17.4 Å². The molecule has 0 aromatic heterocycles. The molecule has 22 heavy (non-hydrogen) atoms. The summed E-state index contributed by atoms with van der Waals surface area (Å²) in [5.41, 5.74) is 0.826. The topological polar surface area (TPSA) is 62.1 Å². The lowest BCUT2D eigenvalue weighted by molar-refractivity contribution is -0.112. The third kappa shape index (κ3) is 4.49. The molecule has 1 N–H and O–H groups in total. The first kappa shape index (κ1) is 15.8. The van der Waals surface area contributed by atoms with Crippen LogP contribution in [0.4, 0.5) is 5.69 Å². The summed E-state index contributed by atoms with van der Waals surface area (Å²) in [5, 5.41) is 12.0. The maximum absolute atomic E-state index is 12.2. The number of hydrogen-bond acceptors (Lipinski definition) is 3. The van der Waals surface area contributed by atoms with Crippen molar-refractivity contribution < 1.29 is 9.53 Å². The number of nitriles is 1. The van der Waals surface area contributed by atoms with E-state index in [0.717, 1.165) is 25.0 Å². The molecular weight excluding hydrogens is 276 g/mol. The second-order valence-electron chi connectivity index (χ2n) is 5.15. The van der Waals surface area contributed by atoms with E-state index in [-0.39, 0.29) is 17.4 Å². The summed E-state index contributed by atoms with van der Waals surface area (Å²) in [5.74, 6) is 0.664. The fraction of sp³-hybridized carbons (Fsp3) is 0.333. The van der Waals surface area contributed by atoms with Gasteiger partial charge in [0.25, 0.3) is 5.91 Å². The van der Waals surface area contributed by atoms with Gasteiger partial charge in [0.05, 0.1) is 6.61 Å². The predicted octanol–water partition coefficient (Wildman–Crippen LogP) is 3.83. The highest BCUT2D eigenvalue weighted by atomic mass is 16.5. The Morgan fingerprint density at radius 2 is 2.18 bits per heavy atom. The van der Waals surface area contributed by atoms with Crippen LogP contribution in [0.3, 0.4) is 0 Å². The lowest BCUT2D eigenvalue weighted by atomic mass is 9.92. The highest BCUT2D eigenvalue weighted by Crippen LogP contribution is 2.21. The van der Waals surface area contributed by atoms with Crippen molar-refractivity contribution in [3.8, 4) is 11.8 Å². The SMILES string of the molecule is CCOc1ccc(NC(=O)/C(C#N)=C/[C@H]2CC=CCC2)cc1. The van der Waals surface area contributed by atoms with Gasteiger partial charge in [-0.2, -0.15) is 5.26 Å². The van der Waals surface area contributed by atoms with Gasteiger partial charge in [-0.1, -0.05) is 18.2 Å². The zero-order valence-electron chi connectivity index (χ0n) is 12.7. The highest BCUT2D eigenvalue weighted by molar-refractivity contribution is 6.06. The molecule has 0 spiro atoms. The largest absolute Gasteiger partial charge is 0.494 e. The second-order valence-corrected chi connectivity index (χ2v) is 5.15. The molecule has 0 saturated heterocycles. The standard InChI is InChI=1S/C18H20N2O2/c1-2-22-17-10-8-16(9-11-17)20-18(21)15(13-19)12-14-6-4-3-5-7-14/h3-4,8-12,14H,2,5-7H2,1H3,(H,20,21)/b15-12+/t14-/m0/s1. The summed E-state index contributed by atoms with van der Waals surface area (Å²) in [6, 6.07) is 9.12. The molecule has 2 rings (SSSR count). The third-order valence-electron chi connectivity index (χ3n) is 3.50. The fourth-order valence-electron chi connectivity index (χ4n) is 2.37. The van der Waals surface area contributed by atoms with E-state index in [2.05, 4.69) is 17.5 Å². The Hall–Kier alpha value is -2.54. The number of benzene rings is 1. The first-order valence-corrected chi connectivity index (χ1v) is 7.54. The van der Waals surface area contributed by atoms with E-state index in [1.807, 2.05) is 13.0 Å². The number of allylic oxidation sites excluding steroid dienone is 3. The molecule has 0 saturated carbocycles. The lowest BCUT2D eigenvalue weighted by Crippen LogP contribution is -2.15. The minimum atomic E-state index is -0.360. The van der Waals surface area contributed by atoms with E-state index in [4.69, 9.17) is 4.74 Å². The van der Waals surface area contributed by atoms with E-state index in [0.29, 0.717) is 12.3 Å². The van der Waals surface area contributed by atoms with Crippen LogP contribution in [-0.4, -0.2) is 12.5 Å². The van der Waals surface area contributed by atoms with Gasteiger partial charge in [-0.15, -0.1) is 0 Å². The Morgan fingerprint density at radius 1 is 1.41 bits per heavy atom. The normalized spacial score (nSPS) is 17.6. The van der Waals surface area contributed by atoms with Gasteiger partial charge < -0.3 is 10.1 Å². The molecule has 0 unspecified atom stereocenters. The van der Waals surface area contributed by atoms with Crippen molar-refractivity contribution in [2.45, 2.75) is 26.2 Å². The minimum absolute atomic E-state index is 0.175. The van der Waals surface area contributed by atoms with Crippen LogP contribution in [0.25, 0.3) is 0 Å². The lowest BCUT2D eigenvalue weighted by Gasteiger charge is -2.14. The summed E-state index contributed by atoms with van der Waals surface area (Å²) in [6.45, 7) is 2.52. The van der Waals surface area contributed by atoms with Crippen LogP contribution in [0, 0.1) is 17.2 Å². The highest BCUT2D eigenvalue weighted by Gasteiger charge is 2.14. The predicted molar refractivity (Wildman–Crippen MR) is 86.4 cm³/mol. The Kier molecular flexibility index (Phi) is 5.79. The molecule has 1 atom stereocenters. The minimum Gasteiger partial charge on any atom is -0.494 e. The van der Waals surface area contributed by atoms with Crippen molar-refractivity contribution in [1.29, 1.82) is 5.26 Å².